The number of piperazine rings is 1. The number of hydrogen-bond donors (Lipinski definition) is 2. The van der Waals surface area contributed by atoms with E-state index in [0.717, 1.165) is 4.88 Å². The summed E-state index contributed by atoms with van der Waals surface area (Å²) in [6.07, 6.45) is 1.68. The summed E-state index contributed by atoms with van der Waals surface area (Å²) >= 11 is 1.41. The largest absolute Gasteiger partial charge is 0.329 e. The SMILES string of the molecule is CC(N)c1cnc(N2CC(=O)NC(=O)C2)s1. The highest BCUT2D eigenvalue weighted by molar-refractivity contribution is 7.15. The van der Waals surface area contributed by atoms with Gasteiger partial charge in [0.25, 0.3) is 0 Å². The van der Waals surface area contributed by atoms with Gasteiger partial charge in [0, 0.05) is 17.1 Å². The van der Waals surface area contributed by atoms with Gasteiger partial charge in [0.05, 0.1) is 0 Å². The maximum Gasteiger partial charge on any atom is 0.246 e. The van der Waals surface area contributed by atoms with Crippen molar-refractivity contribution in [2.45, 2.75) is 13.0 Å². The molecule has 1 aliphatic rings. The smallest absolute Gasteiger partial charge is 0.246 e. The summed E-state index contributed by atoms with van der Waals surface area (Å²) in [5.74, 6) is -0.595. The molecule has 0 saturated carbocycles. The van der Waals surface area contributed by atoms with Crippen molar-refractivity contribution >= 4 is 28.3 Å². The lowest BCUT2D eigenvalue weighted by Gasteiger charge is -2.24. The van der Waals surface area contributed by atoms with Crippen LogP contribution in [0.2, 0.25) is 0 Å². The van der Waals surface area contributed by atoms with Crippen LogP contribution in [0.3, 0.4) is 0 Å². The van der Waals surface area contributed by atoms with Gasteiger partial charge in [-0.25, -0.2) is 4.98 Å². The normalized spacial score (nSPS) is 18.5. The number of imide groups is 1. The first-order chi connectivity index (χ1) is 7.56. The average molecular weight is 240 g/mol. The Kier molecular flexibility index (Phi) is 2.88. The summed E-state index contributed by atoms with van der Waals surface area (Å²) in [7, 11) is 0. The quantitative estimate of drug-likeness (QED) is 0.688. The predicted octanol–water partition coefficient (Wildman–Crippen LogP) is -0.374. The highest BCUT2D eigenvalue weighted by Gasteiger charge is 2.24. The molecule has 0 bridgehead atoms. The minimum absolute atomic E-state index is 0.0828. The Morgan fingerprint density at radius 2 is 2.12 bits per heavy atom. The van der Waals surface area contributed by atoms with Crippen molar-refractivity contribution in [3.05, 3.63) is 11.1 Å². The Hall–Kier alpha value is -1.47. The van der Waals surface area contributed by atoms with Crippen LogP contribution in [0.25, 0.3) is 0 Å². The van der Waals surface area contributed by atoms with Gasteiger partial charge in [0.15, 0.2) is 5.13 Å². The Balaban J connectivity index is 2.16. The number of amides is 2. The van der Waals surface area contributed by atoms with Crippen molar-refractivity contribution in [2.24, 2.45) is 5.73 Å². The lowest BCUT2D eigenvalue weighted by Crippen LogP contribution is -2.51. The summed E-state index contributed by atoms with van der Waals surface area (Å²) in [6, 6.07) is -0.0828. The van der Waals surface area contributed by atoms with Crippen LogP contribution in [-0.4, -0.2) is 29.9 Å². The van der Waals surface area contributed by atoms with Gasteiger partial charge in [-0.05, 0) is 6.92 Å². The van der Waals surface area contributed by atoms with Crippen LogP contribution in [0.4, 0.5) is 5.13 Å². The van der Waals surface area contributed by atoms with Crippen LogP contribution in [0, 0.1) is 0 Å². The van der Waals surface area contributed by atoms with Gasteiger partial charge in [-0.1, -0.05) is 0 Å². The Morgan fingerprint density at radius 3 is 2.62 bits per heavy atom. The van der Waals surface area contributed by atoms with Crippen LogP contribution in [0.1, 0.15) is 17.8 Å². The van der Waals surface area contributed by atoms with E-state index in [1.165, 1.54) is 11.3 Å². The zero-order chi connectivity index (χ0) is 11.7. The van der Waals surface area contributed by atoms with Crippen molar-refractivity contribution in [1.82, 2.24) is 10.3 Å². The Bertz CT molecular complexity index is 413. The van der Waals surface area contributed by atoms with E-state index >= 15 is 0 Å². The first kappa shape index (κ1) is 11.0. The molecule has 0 spiro atoms. The van der Waals surface area contributed by atoms with Crippen LogP contribution in [0.15, 0.2) is 6.20 Å². The van der Waals surface area contributed by atoms with Crippen LogP contribution >= 0.6 is 11.3 Å². The molecule has 16 heavy (non-hydrogen) atoms. The molecule has 1 saturated heterocycles. The average Bonchev–Trinajstić information content (AvgIpc) is 2.64. The van der Waals surface area contributed by atoms with E-state index in [9.17, 15) is 9.59 Å². The summed E-state index contributed by atoms with van der Waals surface area (Å²) in [6.45, 7) is 2.20. The second-order valence-electron chi connectivity index (χ2n) is 3.66. The third-order valence-electron chi connectivity index (χ3n) is 2.18. The molecule has 0 radical (unpaired) electrons. The summed E-state index contributed by atoms with van der Waals surface area (Å²) in [4.78, 5) is 29.1. The number of nitrogens with two attached hydrogens (primary N) is 1. The number of anilines is 1. The van der Waals surface area contributed by atoms with Crippen molar-refractivity contribution < 1.29 is 9.59 Å². The van der Waals surface area contributed by atoms with Crippen LogP contribution in [-0.2, 0) is 9.59 Å². The van der Waals surface area contributed by atoms with Crippen molar-refractivity contribution in [1.29, 1.82) is 0 Å². The zero-order valence-corrected chi connectivity index (χ0v) is 9.58. The number of aromatic nitrogens is 1. The molecule has 6 nitrogen and oxygen atoms in total. The van der Waals surface area contributed by atoms with Gasteiger partial charge in [-0.3, -0.25) is 14.9 Å². The molecule has 1 unspecified atom stereocenters. The lowest BCUT2D eigenvalue weighted by atomic mass is 10.3. The lowest BCUT2D eigenvalue weighted by molar-refractivity contribution is -0.130. The molecular formula is C9H12N4O2S. The third-order valence-corrected chi connectivity index (χ3v) is 3.44. The first-order valence-electron chi connectivity index (χ1n) is 4.85. The van der Waals surface area contributed by atoms with E-state index < -0.39 is 0 Å². The van der Waals surface area contributed by atoms with Gasteiger partial charge in [-0.2, -0.15) is 0 Å². The summed E-state index contributed by atoms with van der Waals surface area (Å²) in [5.41, 5.74) is 5.72. The van der Waals surface area contributed by atoms with Crippen LogP contribution < -0.4 is 16.0 Å². The molecule has 2 heterocycles. The fourth-order valence-electron chi connectivity index (χ4n) is 1.41. The van der Waals surface area contributed by atoms with E-state index in [1.807, 2.05) is 6.92 Å². The summed E-state index contributed by atoms with van der Waals surface area (Å²) < 4.78 is 0. The predicted molar refractivity (Wildman–Crippen MR) is 60.1 cm³/mol. The van der Waals surface area contributed by atoms with Crippen molar-refractivity contribution in [3.63, 3.8) is 0 Å². The van der Waals surface area contributed by atoms with Crippen LogP contribution in [0.5, 0.6) is 0 Å². The highest BCUT2D eigenvalue weighted by atomic mass is 32.1. The number of nitrogens with zero attached hydrogens (tertiary/aromatic N) is 2. The molecule has 1 aromatic heterocycles. The molecule has 0 aliphatic carbocycles. The number of hydrogen-bond acceptors (Lipinski definition) is 6. The number of thiazole rings is 1. The van der Waals surface area contributed by atoms with Gasteiger partial charge in [-0.15, -0.1) is 11.3 Å². The zero-order valence-electron chi connectivity index (χ0n) is 8.77. The van der Waals surface area contributed by atoms with Gasteiger partial charge < -0.3 is 10.6 Å². The monoisotopic (exact) mass is 240 g/mol. The fraction of sp³-hybridized carbons (Fsp3) is 0.444. The van der Waals surface area contributed by atoms with Crippen molar-refractivity contribution in [2.75, 3.05) is 18.0 Å². The van der Waals surface area contributed by atoms with E-state index in [4.69, 9.17) is 5.73 Å². The molecule has 86 valence electrons. The molecule has 3 N–H and O–H groups in total. The number of nitrogens with one attached hydrogen (secondary N) is 1. The second-order valence-corrected chi connectivity index (χ2v) is 4.70. The second kappa shape index (κ2) is 4.18. The Labute approximate surface area is 96.4 Å². The third kappa shape index (κ3) is 2.20. The fourth-order valence-corrected chi connectivity index (χ4v) is 2.27. The molecule has 1 aliphatic heterocycles. The van der Waals surface area contributed by atoms with E-state index in [1.54, 1.807) is 11.1 Å². The molecule has 7 heteroatoms. The van der Waals surface area contributed by atoms with E-state index in [-0.39, 0.29) is 30.9 Å². The minimum atomic E-state index is -0.297. The summed E-state index contributed by atoms with van der Waals surface area (Å²) in [5, 5.41) is 2.90. The molecule has 2 rings (SSSR count). The molecule has 1 aromatic rings. The molecule has 1 fully saturated rings. The van der Waals surface area contributed by atoms with Gasteiger partial charge >= 0.3 is 0 Å². The van der Waals surface area contributed by atoms with E-state index in [0.29, 0.717) is 5.13 Å². The molecular weight excluding hydrogens is 228 g/mol. The topological polar surface area (TPSA) is 88.3 Å². The Morgan fingerprint density at radius 1 is 1.50 bits per heavy atom. The molecule has 2 amide bonds. The van der Waals surface area contributed by atoms with Crippen molar-refractivity contribution in [3.8, 4) is 0 Å². The molecule has 0 aromatic carbocycles. The van der Waals surface area contributed by atoms with Gasteiger partial charge in [0.1, 0.15) is 13.1 Å². The van der Waals surface area contributed by atoms with Gasteiger partial charge in [0.2, 0.25) is 11.8 Å². The highest BCUT2D eigenvalue weighted by Crippen LogP contribution is 2.26. The molecule has 1 atom stereocenters. The minimum Gasteiger partial charge on any atom is -0.329 e. The standard InChI is InChI=1S/C9H12N4O2S/c1-5(10)6-2-11-9(16-6)13-3-7(14)12-8(15)4-13/h2,5H,3-4,10H2,1H3,(H,12,14,15). The maximum absolute atomic E-state index is 11.2. The number of rotatable bonds is 2. The number of carbonyl (C=O) groups excluding carboxylic acids is 2. The number of carbonyl (C=O) groups is 2. The first-order valence-corrected chi connectivity index (χ1v) is 5.67. The van der Waals surface area contributed by atoms with E-state index in [2.05, 4.69) is 10.3 Å². The maximum atomic E-state index is 11.2.